The average Bonchev–Trinajstić information content (AvgIpc) is 3.55. The van der Waals surface area contributed by atoms with Crippen LogP contribution in [0.5, 0.6) is 0 Å². The number of benzene rings is 7. The van der Waals surface area contributed by atoms with Crippen LogP contribution in [0.2, 0.25) is 0 Å². The van der Waals surface area contributed by atoms with Crippen molar-refractivity contribution in [1.82, 2.24) is 9.97 Å². The van der Waals surface area contributed by atoms with Crippen molar-refractivity contribution >= 4 is 21.5 Å². The van der Waals surface area contributed by atoms with Gasteiger partial charge >= 0.3 is 0 Å². The van der Waals surface area contributed by atoms with Crippen molar-refractivity contribution in [2.75, 3.05) is 0 Å². The van der Waals surface area contributed by atoms with Crippen molar-refractivity contribution in [2.24, 2.45) is 0 Å². The van der Waals surface area contributed by atoms with Crippen LogP contribution < -0.4 is 0 Å². The van der Waals surface area contributed by atoms with Crippen LogP contribution in [0.1, 0.15) is 11.1 Å². The van der Waals surface area contributed by atoms with Gasteiger partial charge in [-0.25, -0.2) is 4.98 Å². The van der Waals surface area contributed by atoms with Gasteiger partial charge in [0, 0.05) is 11.8 Å². The van der Waals surface area contributed by atoms with Gasteiger partial charge in [-0.05, 0) is 119 Å². The fourth-order valence-electron chi connectivity index (χ4n) is 8.89. The Morgan fingerprint density at radius 1 is 0.365 bits per heavy atom. The maximum atomic E-state index is 5.23. The first-order valence-corrected chi connectivity index (χ1v) is 18.1. The normalized spacial score (nSPS) is 12.5. The minimum Gasteiger partial charge on any atom is -0.254 e. The average molecular weight is 661 g/mol. The monoisotopic (exact) mass is 660 g/mol. The molecule has 0 fully saturated rings. The number of rotatable bonds is 4. The predicted octanol–water partition coefficient (Wildman–Crippen LogP) is 12.9. The number of nitrogens with zero attached hydrogens (tertiary/aromatic N) is 2. The third-order valence-corrected chi connectivity index (χ3v) is 11.1. The zero-order valence-electron chi connectivity index (χ0n) is 28.5. The number of fused-ring (bicyclic) bond motifs is 7. The molecule has 9 aromatic rings. The third kappa shape index (κ3) is 4.31. The third-order valence-electron chi connectivity index (χ3n) is 11.1. The molecule has 0 saturated carbocycles. The summed E-state index contributed by atoms with van der Waals surface area (Å²) in [5.74, 6) is 0. The van der Waals surface area contributed by atoms with E-state index in [1.54, 1.807) is 0 Å². The van der Waals surface area contributed by atoms with Gasteiger partial charge in [0.15, 0.2) is 0 Å². The zero-order valence-corrected chi connectivity index (χ0v) is 28.5. The van der Waals surface area contributed by atoms with Crippen molar-refractivity contribution in [2.45, 2.75) is 12.8 Å². The molecule has 52 heavy (non-hydrogen) atoms. The van der Waals surface area contributed by atoms with Gasteiger partial charge in [0.2, 0.25) is 0 Å². The molecule has 0 amide bonds. The van der Waals surface area contributed by atoms with E-state index in [-0.39, 0.29) is 0 Å². The molecular formula is C50H32N2. The molecule has 2 aliphatic rings. The van der Waals surface area contributed by atoms with Gasteiger partial charge in [-0.2, -0.15) is 0 Å². The molecule has 0 atom stereocenters. The van der Waals surface area contributed by atoms with Gasteiger partial charge in [0.1, 0.15) is 0 Å². The summed E-state index contributed by atoms with van der Waals surface area (Å²) in [7, 11) is 0. The molecule has 0 aliphatic heterocycles. The summed E-state index contributed by atoms with van der Waals surface area (Å²) in [5.41, 5.74) is 19.4. The Balaban J connectivity index is 1.14. The van der Waals surface area contributed by atoms with E-state index >= 15 is 0 Å². The Kier molecular flexibility index (Phi) is 6.41. The minimum absolute atomic E-state index is 0.976. The first kappa shape index (κ1) is 29.1. The topological polar surface area (TPSA) is 25.8 Å². The van der Waals surface area contributed by atoms with E-state index in [4.69, 9.17) is 9.97 Å². The molecule has 2 aliphatic carbocycles. The summed E-state index contributed by atoms with van der Waals surface area (Å²) < 4.78 is 0. The van der Waals surface area contributed by atoms with Crippen LogP contribution >= 0.6 is 0 Å². The van der Waals surface area contributed by atoms with E-state index in [1.165, 1.54) is 88.3 Å². The minimum atomic E-state index is 0.976. The van der Waals surface area contributed by atoms with Crippen LogP contribution in [0.3, 0.4) is 0 Å². The van der Waals surface area contributed by atoms with Gasteiger partial charge in [-0.1, -0.05) is 146 Å². The van der Waals surface area contributed by atoms with Crippen molar-refractivity contribution < 1.29 is 0 Å². The second kappa shape index (κ2) is 11.4. The SMILES string of the molecule is c1ccc(-c2c3c(c(-c4ccccc4)c4ccccc24)-c2ccc(-c4cccc(-c5ccc6c(n5)-c5ncccc5CC6)c4)c4cccc-3c24)cc1. The van der Waals surface area contributed by atoms with Crippen LogP contribution in [0.25, 0.3) is 99.8 Å². The van der Waals surface area contributed by atoms with Crippen LogP contribution in [-0.4, -0.2) is 9.97 Å². The second-order valence-electron chi connectivity index (χ2n) is 14.0. The van der Waals surface area contributed by atoms with E-state index in [2.05, 4.69) is 158 Å². The molecular weight excluding hydrogens is 629 g/mol. The lowest BCUT2D eigenvalue weighted by molar-refractivity contribution is 0.913. The first-order chi connectivity index (χ1) is 25.8. The van der Waals surface area contributed by atoms with Crippen molar-refractivity contribution in [3.63, 3.8) is 0 Å². The molecule has 0 unspecified atom stereocenters. The number of hydrogen-bond donors (Lipinski definition) is 0. The largest absolute Gasteiger partial charge is 0.254 e. The fraction of sp³-hybridized carbons (Fsp3) is 0.0400. The lowest BCUT2D eigenvalue weighted by Crippen LogP contribution is -2.07. The Morgan fingerprint density at radius 2 is 0.942 bits per heavy atom. The Bertz CT molecular complexity index is 2800. The molecule has 0 N–H and O–H groups in total. The molecule has 11 rings (SSSR count). The van der Waals surface area contributed by atoms with Crippen LogP contribution in [-0.2, 0) is 12.8 Å². The van der Waals surface area contributed by atoms with E-state index in [0.29, 0.717) is 0 Å². The van der Waals surface area contributed by atoms with E-state index in [0.717, 1.165) is 35.5 Å². The quantitative estimate of drug-likeness (QED) is 0.188. The van der Waals surface area contributed by atoms with Crippen LogP contribution in [0.4, 0.5) is 0 Å². The van der Waals surface area contributed by atoms with Crippen molar-refractivity contribution in [3.05, 3.63) is 181 Å². The van der Waals surface area contributed by atoms with Gasteiger partial charge in [0.25, 0.3) is 0 Å². The van der Waals surface area contributed by atoms with Crippen LogP contribution in [0, 0.1) is 0 Å². The Morgan fingerprint density at radius 3 is 1.67 bits per heavy atom. The lowest BCUT2D eigenvalue weighted by Gasteiger charge is -2.20. The van der Waals surface area contributed by atoms with E-state index in [9.17, 15) is 0 Å². The van der Waals surface area contributed by atoms with Crippen molar-refractivity contribution in [1.29, 1.82) is 0 Å². The Labute approximate surface area is 302 Å². The summed E-state index contributed by atoms with van der Waals surface area (Å²) in [6.07, 6.45) is 3.89. The number of hydrogen-bond acceptors (Lipinski definition) is 2. The summed E-state index contributed by atoms with van der Waals surface area (Å²) in [6.45, 7) is 0. The van der Waals surface area contributed by atoms with Gasteiger partial charge in [0.05, 0.1) is 17.1 Å². The molecule has 0 spiro atoms. The molecule has 0 bridgehead atoms. The summed E-state index contributed by atoms with van der Waals surface area (Å²) in [4.78, 5) is 9.97. The maximum absolute atomic E-state index is 5.23. The van der Waals surface area contributed by atoms with Gasteiger partial charge < -0.3 is 0 Å². The molecule has 0 radical (unpaired) electrons. The van der Waals surface area contributed by atoms with Gasteiger partial charge in [-0.3, -0.25) is 4.98 Å². The molecule has 2 heteroatoms. The molecule has 2 aromatic heterocycles. The number of aryl methyl sites for hydroxylation is 2. The van der Waals surface area contributed by atoms with Crippen LogP contribution in [0.15, 0.2) is 170 Å². The number of pyridine rings is 2. The molecule has 2 nitrogen and oxygen atoms in total. The smallest absolute Gasteiger partial charge is 0.0928 e. The predicted molar refractivity (Wildman–Crippen MR) is 216 cm³/mol. The maximum Gasteiger partial charge on any atom is 0.0928 e. The fourth-order valence-corrected chi connectivity index (χ4v) is 8.89. The standard InChI is InChI=1S/C50H32N2/c1-3-12-31(13-4-1)44-39-19-7-8-20-40(39)45(32-14-5-2-6-15-32)48-42-27-26-37(38-21-10-22-41(46(38)42)47(44)48)35-16-9-17-36(30-35)43-28-25-34-24-23-33-18-11-29-51-49(33)50(34)52-43/h1-22,25-30H,23-24H2. The molecule has 2 heterocycles. The van der Waals surface area contributed by atoms with Crippen molar-refractivity contribution in [3.8, 4) is 78.3 Å². The lowest BCUT2D eigenvalue weighted by atomic mass is 9.82. The summed E-state index contributed by atoms with van der Waals surface area (Å²) >= 11 is 0. The van der Waals surface area contributed by atoms with E-state index in [1.807, 2.05) is 12.3 Å². The highest BCUT2D eigenvalue weighted by Gasteiger charge is 2.31. The molecule has 242 valence electrons. The molecule has 0 saturated heterocycles. The molecule has 7 aromatic carbocycles. The summed E-state index contributed by atoms with van der Waals surface area (Å²) in [6, 6.07) is 59.9. The second-order valence-corrected chi connectivity index (χ2v) is 14.0. The van der Waals surface area contributed by atoms with Gasteiger partial charge in [-0.15, -0.1) is 0 Å². The highest BCUT2D eigenvalue weighted by atomic mass is 14.8. The number of aromatic nitrogens is 2. The zero-order chi connectivity index (χ0) is 34.2. The summed E-state index contributed by atoms with van der Waals surface area (Å²) in [5, 5.41) is 5.14. The van der Waals surface area contributed by atoms with E-state index < -0.39 is 0 Å². The first-order valence-electron chi connectivity index (χ1n) is 18.1. The highest BCUT2D eigenvalue weighted by molar-refractivity contribution is 6.28. The Hall–Kier alpha value is -6.64. The highest BCUT2D eigenvalue weighted by Crippen LogP contribution is 2.58.